The Morgan fingerprint density at radius 2 is 1.80 bits per heavy atom. The number of fused-ring (bicyclic) bond motifs is 1. The van der Waals surface area contributed by atoms with Crippen molar-refractivity contribution in [2.75, 3.05) is 19.8 Å². The topological polar surface area (TPSA) is 63.9 Å². The van der Waals surface area contributed by atoms with Gasteiger partial charge in [-0.15, -0.1) is 0 Å². The van der Waals surface area contributed by atoms with Crippen LogP contribution in [-0.4, -0.2) is 57.2 Å². The van der Waals surface area contributed by atoms with E-state index in [1.54, 1.807) is 0 Å². The molecule has 0 bridgehead atoms. The second-order valence-electron chi connectivity index (χ2n) is 5.01. The van der Waals surface area contributed by atoms with Crippen molar-refractivity contribution in [2.45, 2.75) is 49.8 Å². The molecule has 0 amide bonds. The summed E-state index contributed by atoms with van der Waals surface area (Å²) in [5.41, 5.74) is -0.677. The number of hydrogen-bond donors (Lipinski definition) is 3. The highest BCUT2D eigenvalue weighted by molar-refractivity contribution is 5.23. The maximum absolute atomic E-state index is 10.3. The molecule has 0 saturated heterocycles. The minimum Gasteiger partial charge on any atom is -0.395 e. The summed E-state index contributed by atoms with van der Waals surface area (Å²) in [6.07, 6.45) is 3.72. The first kappa shape index (κ1) is 11.3. The van der Waals surface area contributed by atoms with Crippen LogP contribution in [0.2, 0.25) is 0 Å². The molecular formula is C11H21NO3. The van der Waals surface area contributed by atoms with Crippen LogP contribution in [0.1, 0.15) is 32.6 Å². The number of hydrogen-bond acceptors (Lipinski definition) is 4. The Labute approximate surface area is 90.5 Å². The van der Waals surface area contributed by atoms with Gasteiger partial charge in [0.15, 0.2) is 0 Å². The number of aliphatic hydroxyl groups excluding tert-OH is 2. The maximum atomic E-state index is 10.3. The van der Waals surface area contributed by atoms with E-state index in [-0.39, 0.29) is 24.8 Å². The first-order valence-corrected chi connectivity index (χ1v) is 5.80. The maximum Gasteiger partial charge on any atom is 0.0832 e. The molecule has 0 aromatic carbocycles. The molecule has 2 saturated carbocycles. The van der Waals surface area contributed by atoms with E-state index >= 15 is 0 Å². The average Bonchev–Trinajstić information content (AvgIpc) is 2.26. The van der Waals surface area contributed by atoms with Crippen LogP contribution in [0.15, 0.2) is 0 Å². The molecule has 0 spiro atoms. The molecule has 3 N–H and O–H groups in total. The summed E-state index contributed by atoms with van der Waals surface area (Å²) in [4.78, 5) is 2.10. The van der Waals surface area contributed by atoms with Crippen LogP contribution in [0.5, 0.6) is 0 Å². The van der Waals surface area contributed by atoms with E-state index in [0.717, 1.165) is 25.7 Å². The highest BCUT2D eigenvalue weighted by Crippen LogP contribution is 2.60. The summed E-state index contributed by atoms with van der Waals surface area (Å²) in [6.45, 7) is 2.66. The van der Waals surface area contributed by atoms with E-state index in [4.69, 9.17) is 5.11 Å². The van der Waals surface area contributed by atoms with E-state index in [1.807, 2.05) is 6.92 Å². The molecule has 0 aromatic rings. The van der Waals surface area contributed by atoms with Crippen molar-refractivity contribution < 1.29 is 15.3 Å². The van der Waals surface area contributed by atoms with Crippen molar-refractivity contribution in [2.24, 2.45) is 0 Å². The molecule has 15 heavy (non-hydrogen) atoms. The zero-order chi connectivity index (χ0) is 11.1. The number of β-amino-alcohol motifs (C(OH)–C–C–N with tert-alkyl or cyclic N) is 1. The number of nitrogens with zero attached hydrogens (tertiary/aromatic N) is 1. The predicted molar refractivity (Wildman–Crippen MR) is 56.5 cm³/mol. The quantitative estimate of drug-likeness (QED) is 0.590. The fourth-order valence-corrected chi connectivity index (χ4v) is 3.27. The highest BCUT2D eigenvalue weighted by atomic mass is 16.3. The highest BCUT2D eigenvalue weighted by Gasteiger charge is 2.67. The van der Waals surface area contributed by atoms with Crippen LogP contribution in [-0.2, 0) is 0 Å². The van der Waals surface area contributed by atoms with Gasteiger partial charge in [-0.1, -0.05) is 0 Å². The molecule has 4 nitrogen and oxygen atoms in total. The van der Waals surface area contributed by atoms with Crippen LogP contribution in [0.25, 0.3) is 0 Å². The zero-order valence-electron chi connectivity index (χ0n) is 9.32. The lowest BCUT2D eigenvalue weighted by atomic mass is 9.48. The van der Waals surface area contributed by atoms with E-state index in [1.165, 1.54) is 0 Å². The lowest BCUT2D eigenvalue weighted by Gasteiger charge is -2.70. The van der Waals surface area contributed by atoms with E-state index in [2.05, 4.69) is 4.90 Å². The third kappa shape index (κ3) is 1.35. The largest absolute Gasteiger partial charge is 0.395 e. The minimum atomic E-state index is -0.536. The first-order valence-electron chi connectivity index (χ1n) is 5.80. The normalized spacial score (nSPS) is 40.6. The summed E-state index contributed by atoms with van der Waals surface area (Å²) < 4.78 is 0. The summed E-state index contributed by atoms with van der Waals surface area (Å²) in [6, 6.07) is 0.0178. The summed E-state index contributed by atoms with van der Waals surface area (Å²) in [5, 5.41) is 28.5. The molecule has 1 atom stereocenters. The van der Waals surface area contributed by atoms with Gasteiger partial charge in [-0.25, -0.2) is 0 Å². The molecule has 0 radical (unpaired) electrons. The predicted octanol–water partition coefficient (Wildman–Crippen LogP) is -0.281. The van der Waals surface area contributed by atoms with Crippen molar-refractivity contribution in [1.29, 1.82) is 0 Å². The van der Waals surface area contributed by atoms with Gasteiger partial charge in [0, 0.05) is 12.6 Å². The van der Waals surface area contributed by atoms with Crippen LogP contribution in [0.3, 0.4) is 0 Å². The number of aliphatic hydroxyl groups is 3. The lowest BCUT2D eigenvalue weighted by Crippen LogP contribution is -2.79. The van der Waals surface area contributed by atoms with Crippen molar-refractivity contribution in [3.63, 3.8) is 0 Å². The summed E-state index contributed by atoms with van der Waals surface area (Å²) in [5.74, 6) is 0. The molecule has 4 heteroatoms. The molecule has 88 valence electrons. The molecule has 0 heterocycles. The van der Waals surface area contributed by atoms with Gasteiger partial charge >= 0.3 is 0 Å². The van der Waals surface area contributed by atoms with E-state index < -0.39 is 5.60 Å². The van der Waals surface area contributed by atoms with Crippen LogP contribution < -0.4 is 0 Å². The first-order chi connectivity index (χ1) is 7.09. The second-order valence-corrected chi connectivity index (χ2v) is 5.01. The molecule has 2 fully saturated rings. The van der Waals surface area contributed by atoms with E-state index in [0.29, 0.717) is 6.54 Å². The third-order valence-electron chi connectivity index (χ3n) is 4.46. The smallest absolute Gasteiger partial charge is 0.0832 e. The van der Waals surface area contributed by atoms with Crippen molar-refractivity contribution >= 4 is 0 Å². The Hall–Kier alpha value is -0.160. The molecule has 2 aliphatic rings. The Morgan fingerprint density at radius 1 is 1.20 bits per heavy atom. The lowest BCUT2D eigenvalue weighted by molar-refractivity contribution is -0.262. The van der Waals surface area contributed by atoms with Crippen LogP contribution in [0, 0.1) is 0 Å². The fourth-order valence-electron chi connectivity index (χ4n) is 3.27. The zero-order valence-corrected chi connectivity index (χ0v) is 9.32. The van der Waals surface area contributed by atoms with Gasteiger partial charge < -0.3 is 15.3 Å². The van der Waals surface area contributed by atoms with Crippen molar-refractivity contribution in [1.82, 2.24) is 4.90 Å². The number of rotatable bonds is 5. The van der Waals surface area contributed by atoms with Crippen molar-refractivity contribution in [3.8, 4) is 0 Å². The molecule has 0 aromatic heterocycles. The van der Waals surface area contributed by atoms with Gasteiger partial charge in [0.1, 0.15) is 0 Å². The monoisotopic (exact) mass is 215 g/mol. The van der Waals surface area contributed by atoms with Gasteiger partial charge in [-0.2, -0.15) is 0 Å². The summed E-state index contributed by atoms with van der Waals surface area (Å²) in [7, 11) is 0. The van der Waals surface area contributed by atoms with Crippen LogP contribution in [0.4, 0.5) is 0 Å². The third-order valence-corrected chi connectivity index (χ3v) is 4.46. The van der Waals surface area contributed by atoms with Gasteiger partial charge in [0.2, 0.25) is 0 Å². The average molecular weight is 215 g/mol. The molecule has 1 unspecified atom stereocenters. The van der Waals surface area contributed by atoms with Gasteiger partial charge in [-0.3, -0.25) is 4.90 Å². The van der Waals surface area contributed by atoms with Gasteiger partial charge in [0.25, 0.3) is 0 Å². The molecule has 2 aliphatic carbocycles. The summed E-state index contributed by atoms with van der Waals surface area (Å²) >= 11 is 0. The Balaban J connectivity index is 2.11. The standard InChI is InChI=1S/C11H21NO3/c1-9(8-14)12(6-7-13)10-2-4-11(10,15)5-3-10/h9,13-15H,2-8H2,1H3. The van der Waals surface area contributed by atoms with E-state index in [9.17, 15) is 10.2 Å². The minimum absolute atomic E-state index is 0.0178. The Bertz CT molecular complexity index is 236. The fraction of sp³-hybridized carbons (Fsp3) is 1.00. The molecule has 2 rings (SSSR count). The van der Waals surface area contributed by atoms with Gasteiger partial charge in [0.05, 0.1) is 24.4 Å². The van der Waals surface area contributed by atoms with Crippen molar-refractivity contribution in [3.05, 3.63) is 0 Å². The Kier molecular flexibility index (Phi) is 2.79. The second kappa shape index (κ2) is 3.70. The molecular weight excluding hydrogens is 194 g/mol. The van der Waals surface area contributed by atoms with Gasteiger partial charge in [-0.05, 0) is 32.6 Å². The Morgan fingerprint density at radius 3 is 2.07 bits per heavy atom. The SMILES string of the molecule is CC(CO)N(CCO)C12CCC1(O)CC2. The van der Waals surface area contributed by atoms with Crippen LogP contribution >= 0.6 is 0 Å². The molecule has 0 aliphatic heterocycles.